The van der Waals surface area contributed by atoms with Gasteiger partial charge in [-0.05, 0) is 41.3 Å². The van der Waals surface area contributed by atoms with E-state index in [1.54, 1.807) is 19.2 Å². The molecule has 1 atom stereocenters. The third kappa shape index (κ3) is 6.66. The molecule has 28 heavy (non-hydrogen) atoms. The van der Waals surface area contributed by atoms with E-state index < -0.39 is 11.9 Å². The molecular weight excluding hydrogens is 361 g/mol. The van der Waals surface area contributed by atoms with Gasteiger partial charge >= 0.3 is 6.03 Å². The van der Waals surface area contributed by atoms with Gasteiger partial charge < -0.3 is 10.1 Å². The number of carbonyl (C=O) groups is 2. The summed E-state index contributed by atoms with van der Waals surface area (Å²) in [5, 5.41) is 8.04. The number of nitrogens with one attached hydrogen (secondary N) is 3. The van der Waals surface area contributed by atoms with Gasteiger partial charge in [0.2, 0.25) is 5.91 Å². The lowest BCUT2D eigenvalue weighted by molar-refractivity contribution is -0.119. The second-order valence-electron chi connectivity index (χ2n) is 6.79. The fourth-order valence-electron chi connectivity index (χ4n) is 2.59. The van der Waals surface area contributed by atoms with Gasteiger partial charge in [0.1, 0.15) is 11.6 Å². The lowest BCUT2D eigenvalue weighted by Crippen LogP contribution is -2.44. The minimum atomic E-state index is -0.525. The second kappa shape index (κ2) is 10.4. The Kier molecular flexibility index (Phi) is 7.95. The van der Waals surface area contributed by atoms with E-state index in [0.29, 0.717) is 12.3 Å². The zero-order chi connectivity index (χ0) is 20.5. The van der Waals surface area contributed by atoms with Crippen LogP contribution in [0.4, 0.5) is 9.18 Å². The molecule has 0 aliphatic carbocycles. The van der Waals surface area contributed by atoms with Gasteiger partial charge in [-0.2, -0.15) is 0 Å². The van der Waals surface area contributed by atoms with Crippen LogP contribution in [0.25, 0.3) is 0 Å². The van der Waals surface area contributed by atoms with Crippen LogP contribution in [0.5, 0.6) is 5.75 Å². The molecule has 0 aliphatic rings. The number of imide groups is 1. The van der Waals surface area contributed by atoms with Crippen molar-refractivity contribution < 1.29 is 18.7 Å². The normalized spacial score (nSPS) is 11.8. The zero-order valence-electron chi connectivity index (χ0n) is 16.3. The number of amides is 3. The van der Waals surface area contributed by atoms with Crippen molar-refractivity contribution in [1.29, 1.82) is 0 Å². The fraction of sp³-hybridized carbons (Fsp3) is 0.333. The number of hydrogen-bond donors (Lipinski definition) is 3. The molecule has 0 spiro atoms. The topological polar surface area (TPSA) is 79.5 Å². The van der Waals surface area contributed by atoms with Crippen molar-refractivity contribution in [3.05, 3.63) is 65.5 Å². The lowest BCUT2D eigenvalue weighted by Gasteiger charge is -2.20. The third-order valence-corrected chi connectivity index (χ3v) is 4.04. The highest BCUT2D eigenvalue weighted by atomic mass is 19.1. The molecule has 0 saturated heterocycles. The molecule has 2 aromatic carbocycles. The first-order chi connectivity index (χ1) is 13.4. The van der Waals surface area contributed by atoms with Crippen LogP contribution in [0.2, 0.25) is 0 Å². The van der Waals surface area contributed by atoms with Crippen LogP contribution in [0.15, 0.2) is 48.5 Å². The molecule has 3 N–H and O–H groups in total. The van der Waals surface area contributed by atoms with Crippen LogP contribution >= 0.6 is 0 Å². The molecule has 0 radical (unpaired) electrons. The molecule has 1 unspecified atom stereocenters. The van der Waals surface area contributed by atoms with E-state index in [9.17, 15) is 14.0 Å². The average Bonchev–Trinajstić information content (AvgIpc) is 2.68. The molecule has 2 aromatic rings. The Hall–Kier alpha value is -2.93. The molecule has 2 rings (SSSR count). The van der Waals surface area contributed by atoms with E-state index in [2.05, 4.69) is 16.0 Å². The highest BCUT2D eigenvalue weighted by Crippen LogP contribution is 2.24. The molecule has 0 aliphatic heterocycles. The maximum absolute atomic E-state index is 13.3. The Morgan fingerprint density at radius 2 is 1.57 bits per heavy atom. The van der Waals surface area contributed by atoms with E-state index in [1.165, 1.54) is 12.1 Å². The quantitative estimate of drug-likeness (QED) is 0.651. The van der Waals surface area contributed by atoms with Gasteiger partial charge in [-0.25, -0.2) is 9.18 Å². The molecule has 3 amide bonds. The average molecular weight is 387 g/mol. The minimum absolute atomic E-state index is 0.0802. The van der Waals surface area contributed by atoms with Crippen LogP contribution in [0, 0.1) is 11.7 Å². The summed E-state index contributed by atoms with van der Waals surface area (Å²) >= 11 is 0. The molecule has 6 nitrogen and oxygen atoms in total. The number of methoxy groups -OCH3 is 1. The first kappa shape index (κ1) is 21.4. The Bertz CT molecular complexity index is 776. The van der Waals surface area contributed by atoms with Crippen LogP contribution in [0.1, 0.15) is 31.0 Å². The van der Waals surface area contributed by atoms with Gasteiger partial charge in [0.15, 0.2) is 0 Å². The smallest absolute Gasteiger partial charge is 0.321 e. The molecule has 0 heterocycles. The third-order valence-electron chi connectivity index (χ3n) is 4.04. The summed E-state index contributed by atoms with van der Waals surface area (Å²) in [4.78, 5) is 23.8. The van der Waals surface area contributed by atoms with E-state index in [1.807, 2.05) is 38.1 Å². The predicted octanol–water partition coefficient (Wildman–Crippen LogP) is 3.00. The first-order valence-electron chi connectivity index (χ1n) is 9.09. The van der Waals surface area contributed by atoms with Crippen molar-refractivity contribution in [1.82, 2.24) is 16.0 Å². The standard InChI is InChI=1S/C21H26FN3O3/c1-14(2)12-24-21(27)25-19(26)13-23-20(15-4-8-17(22)9-5-15)16-6-10-18(28-3)11-7-16/h4-11,14,20,23H,12-13H2,1-3H3,(H2,24,25,26,27). The van der Waals surface area contributed by atoms with Crippen molar-refractivity contribution in [3.8, 4) is 5.75 Å². The molecule has 0 fully saturated rings. The van der Waals surface area contributed by atoms with Crippen LogP contribution < -0.4 is 20.7 Å². The number of halogens is 1. The maximum atomic E-state index is 13.3. The summed E-state index contributed by atoms with van der Waals surface area (Å²) in [6.45, 7) is 4.33. The van der Waals surface area contributed by atoms with Crippen molar-refractivity contribution in [2.75, 3.05) is 20.2 Å². The Balaban J connectivity index is 2.06. The van der Waals surface area contributed by atoms with Crippen molar-refractivity contribution in [3.63, 3.8) is 0 Å². The van der Waals surface area contributed by atoms with Gasteiger partial charge in [-0.1, -0.05) is 38.1 Å². The highest BCUT2D eigenvalue weighted by molar-refractivity contribution is 5.95. The summed E-state index contributed by atoms with van der Waals surface area (Å²) in [5.74, 6) is 0.205. The molecule has 0 bridgehead atoms. The van der Waals surface area contributed by atoms with Crippen molar-refractivity contribution in [2.45, 2.75) is 19.9 Å². The van der Waals surface area contributed by atoms with E-state index in [4.69, 9.17) is 4.74 Å². The van der Waals surface area contributed by atoms with Gasteiger partial charge in [-0.3, -0.25) is 15.4 Å². The molecule has 0 saturated carbocycles. The molecular formula is C21H26FN3O3. The number of ether oxygens (including phenoxy) is 1. The number of hydrogen-bond acceptors (Lipinski definition) is 4. The summed E-state index contributed by atoms with van der Waals surface area (Å²) < 4.78 is 18.5. The van der Waals surface area contributed by atoms with Crippen molar-refractivity contribution >= 4 is 11.9 Å². The minimum Gasteiger partial charge on any atom is -0.497 e. The van der Waals surface area contributed by atoms with Gasteiger partial charge in [0, 0.05) is 6.54 Å². The summed E-state index contributed by atoms with van der Waals surface area (Å²) in [5.41, 5.74) is 1.67. The summed E-state index contributed by atoms with van der Waals surface area (Å²) in [6.07, 6.45) is 0. The molecule has 150 valence electrons. The maximum Gasteiger partial charge on any atom is 0.321 e. The molecule has 7 heteroatoms. The van der Waals surface area contributed by atoms with Gasteiger partial charge in [0.05, 0.1) is 19.7 Å². The predicted molar refractivity (Wildman–Crippen MR) is 106 cm³/mol. The largest absolute Gasteiger partial charge is 0.497 e. The monoisotopic (exact) mass is 387 g/mol. The lowest BCUT2D eigenvalue weighted by atomic mass is 9.98. The van der Waals surface area contributed by atoms with E-state index >= 15 is 0 Å². The van der Waals surface area contributed by atoms with Gasteiger partial charge in [-0.15, -0.1) is 0 Å². The number of benzene rings is 2. The second-order valence-corrected chi connectivity index (χ2v) is 6.79. The SMILES string of the molecule is COc1ccc(C(NCC(=O)NC(=O)NCC(C)C)c2ccc(F)cc2)cc1. The highest BCUT2D eigenvalue weighted by Gasteiger charge is 2.16. The zero-order valence-corrected chi connectivity index (χ0v) is 16.3. The van der Waals surface area contributed by atoms with Crippen molar-refractivity contribution in [2.24, 2.45) is 5.92 Å². The Morgan fingerprint density at radius 3 is 2.11 bits per heavy atom. The van der Waals surface area contributed by atoms with Crippen LogP contribution in [-0.4, -0.2) is 32.1 Å². The fourth-order valence-corrected chi connectivity index (χ4v) is 2.59. The van der Waals surface area contributed by atoms with Crippen LogP contribution in [-0.2, 0) is 4.79 Å². The summed E-state index contributed by atoms with van der Waals surface area (Å²) in [6, 6.07) is 12.5. The first-order valence-corrected chi connectivity index (χ1v) is 9.09. The molecule has 0 aromatic heterocycles. The number of urea groups is 1. The van der Waals surface area contributed by atoms with Gasteiger partial charge in [0.25, 0.3) is 0 Å². The Labute approximate surface area is 164 Å². The van der Waals surface area contributed by atoms with Crippen LogP contribution in [0.3, 0.4) is 0 Å². The number of rotatable bonds is 8. The number of carbonyl (C=O) groups excluding carboxylic acids is 2. The summed E-state index contributed by atoms with van der Waals surface area (Å²) in [7, 11) is 1.58. The van der Waals surface area contributed by atoms with E-state index in [-0.39, 0.29) is 24.3 Å². The van der Waals surface area contributed by atoms with E-state index in [0.717, 1.165) is 11.1 Å². The Morgan fingerprint density at radius 1 is 1.00 bits per heavy atom.